The fourth-order valence-corrected chi connectivity index (χ4v) is 0.458. The minimum absolute atomic E-state index is 0. The van der Waals surface area contributed by atoms with Crippen molar-refractivity contribution in [1.29, 1.82) is 0 Å². The van der Waals surface area contributed by atoms with Gasteiger partial charge in [0, 0.05) is 0 Å². The summed E-state index contributed by atoms with van der Waals surface area (Å²) in [6.07, 6.45) is 0. The molecule has 0 aliphatic carbocycles. The van der Waals surface area contributed by atoms with Crippen molar-refractivity contribution in [3.05, 3.63) is 26.6 Å². The summed E-state index contributed by atoms with van der Waals surface area (Å²) < 4.78 is 0. The first-order valence-corrected chi connectivity index (χ1v) is 5.86. The maximum Gasteiger partial charge on any atom is 5.00 e. The van der Waals surface area contributed by atoms with Crippen LogP contribution < -0.4 is 0 Å². The zero-order chi connectivity index (χ0) is 14.4. The average molecular weight is 427 g/mol. The van der Waals surface area contributed by atoms with E-state index in [1.165, 1.54) is 0 Å². The number of likely N-dealkylation sites (N-methyl/N-ethyl adjacent to an activating group) is 2. The number of hydrogen-bond acceptors (Lipinski definition) is 0. The minimum Gasteiger partial charge on any atom is -0.668 e. The first-order chi connectivity index (χ1) is 8.16. The van der Waals surface area contributed by atoms with Crippen LogP contribution in [0.5, 0.6) is 0 Å². The minimum atomic E-state index is 0. The van der Waals surface area contributed by atoms with Crippen LogP contribution in [-0.4, -0.2) is 68.5 Å². The van der Waals surface area contributed by atoms with Gasteiger partial charge < -0.3 is 26.6 Å². The van der Waals surface area contributed by atoms with Crippen LogP contribution in [0.1, 0.15) is 13.8 Å². The predicted molar refractivity (Wildman–Crippen MR) is 83.2 cm³/mol. The molecule has 0 aromatic rings. The summed E-state index contributed by atoms with van der Waals surface area (Å²) in [4.78, 5) is 0. The van der Waals surface area contributed by atoms with Crippen molar-refractivity contribution in [2.24, 2.45) is 0 Å². The number of hydrogen-bond donors (Lipinski definition) is 0. The van der Waals surface area contributed by atoms with E-state index in [1.54, 1.807) is 42.3 Å². The van der Waals surface area contributed by atoms with E-state index in [4.69, 9.17) is 0 Å². The molecule has 0 bridgehead atoms. The molecule has 0 aliphatic rings. The van der Waals surface area contributed by atoms with Gasteiger partial charge in [-0.25, -0.2) is 0 Å². The summed E-state index contributed by atoms with van der Waals surface area (Å²) in [6, 6.07) is 0. The fraction of sp³-hybridized carbons (Fsp3) is 1.00. The standard InChI is InChI=1S/C6H14N2.3C2H6N.Ta/c1-3-7-5-6-8-4-2;3*1-3-2;/h3-6H2,1-2H3;3*1-2H3;/q-2;3*-1;+5. The Hall–Kier alpha value is 0.540. The van der Waals surface area contributed by atoms with Gasteiger partial charge >= 0.3 is 22.4 Å². The van der Waals surface area contributed by atoms with Gasteiger partial charge in [0.1, 0.15) is 0 Å². The molecule has 0 radical (unpaired) electrons. The normalized spacial score (nSPS) is 7.33. The molecule has 0 aromatic carbocycles. The third-order valence-electron chi connectivity index (χ3n) is 0.863. The van der Waals surface area contributed by atoms with Gasteiger partial charge in [-0.2, -0.15) is 68.5 Å². The molecule has 110 valence electrons. The Labute approximate surface area is 131 Å². The maximum atomic E-state index is 4.12. The van der Waals surface area contributed by atoms with Crippen molar-refractivity contribution in [1.82, 2.24) is 0 Å². The molecule has 0 spiro atoms. The molecule has 0 saturated carbocycles. The van der Waals surface area contributed by atoms with E-state index in [2.05, 4.69) is 26.6 Å². The van der Waals surface area contributed by atoms with Crippen LogP contribution in [0.4, 0.5) is 0 Å². The third kappa shape index (κ3) is 130. The number of rotatable bonds is 5. The van der Waals surface area contributed by atoms with Crippen LogP contribution >= 0.6 is 0 Å². The molecule has 0 amide bonds. The molecule has 0 unspecified atom stereocenters. The molecule has 0 rings (SSSR count). The van der Waals surface area contributed by atoms with Gasteiger partial charge in [0.05, 0.1) is 0 Å². The van der Waals surface area contributed by atoms with Crippen LogP contribution in [0.3, 0.4) is 0 Å². The maximum absolute atomic E-state index is 4.12. The Bertz CT molecular complexity index is 66.7. The van der Waals surface area contributed by atoms with Crippen LogP contribution in [0.25, 0.3) is 26.6 Å². The van der Waals surface area contributed by atoms with E-state index >= 15 is 0 Å². The molecule has 18 heavy (non-hydrogen) atoms. The summed E-state index contributed by atoms with van der Waals surface area (Å²) in [5, 5.41) is 18.7. The molecule has 6 heteroatoms. The molecular formula is C12H32N5Ta. The van der Waals surface area contributed by atoms with Crippen molar-refractivity contribution in [2.45, 2.75) is 13.8 Å². The second-order valence-electron chi connectivity index (χ2n) is 2.87. The summed E-state index contributed by atoms with van der Waals surface area (Å²) >= 11 is 0. The van der Waals surface area contributed by atoms with Crippen molar-refractivity contribution in [3.8, 4) is 0 Å². The van der Waals surface area contributed by atoms with Crippen LogP contribution in [0.15, 0.2) is 0 Å². The van der Waals surface area contributed by atoms with E-state index in [1.807, 2.05) is 13.8 Å². The molecule has 0 fully saturated rings. The zero-order valence-electron chi connectivity index (χ0n) is 13.5. The molecule has 0 N–H and O–H groups in total. The topological polar surface area (TPSA) is 70.5 Å². The Balaban J connectivity index is -0.0000000477. The second kappa shape index (κ2) is 52.7. The van der Waals surface area contributed by atoms with Crippen LogP contribution in [0, 0.1) is 0 Å². The van der Waals surface area contributed by atoms with Gasteiger partial charge in [-0.1, -0.05) is 13.8 Å². The van der Waals surface area contributed by atoms with Gasteiger partial charge in [0.15, 0.2) is 0 Å². The van der Waals surface area contributed by atoms with Gasteiger partial charge in [0.2, 0.25) is 0 Å². The summed E-state index contributed by atoms with van der Waals surface area (Å²) in [5.74, 6) is 0. The second-order valence-corrected chi connectivity index (χ2v) is 2.87. The quantitative estimate of drug-likeness (QED) is 0.602. The van der Waals surface area contributed by atoms with Gasteiger partial charge in [-0.15, -0.1) is 0 Å². The van der Waals surface area contributed by atoms with Gasteiger partial charge in [0.25, 0.3) is 0 Å². The van der Waals surface area contributed by atoms with Crippen LogP contribution in [-0.2, 0) is 22.4 Å². The van der Waals surface area contributed by atoms with Gasteiger partial charge in [-0.3, -0.25) is 0 Å². The molecule has 0 saturated heterocycles. The van der Waals surface area contributed by atoms with Gasteiger partial charge in [-0.05, 0) is 0 Å². The van der Waals surface area contributed by atoms with E-state index < -0.39 is 0 Å². The third-order valence-corrected chi connectivity index (χ3v) is 0.863. The van der Waals surface area contributed by atoms with Crippen molar-refractivity contribution >= 4 is 0 Å². The predicted octanol–water partition coefficient (Wildman–Crippen LogP) is 3.63. The molecule has 5 nitrogen and oxygen atoms in total. The monoisotopic (exact) mass is 427 g/mol. The average Bonchev–Trinajstić information content (AvgIpc) is 2.28. The molecular weight excluding hydrogens is 395 g/mol. The molecule has 0 heterocycles. The Kier molecular flexibility index (Phi) is 91.1. The van der Waals surface area contributed by atoms with Crippen molar-refractivity contribution in [3.63, 3.8) is 0 Å². The molecule has 0 aromatic heterocycles. The Morgan fingerprint density at radius 2 is 0.722 bits per heavy atom. The van der Waals surface area contributed by atoms with E-state index in [-0.39, 0.29) is 22.4 Å². The largest absolute Gasteiger partial charge is 5.00 e. The number of nitrogens with zero attached hydrogens (tertiary/aromatic N) is 5. The van der Waals surface area contributed by atoms with Crippen molar-refractivity contribution < 1.29 is 22.4 Å². The Morgan fingerprint density at radius 3 is 0.833 bits per heavy atom. The first-order valence-electron chi connectivity index (χ1n) is 5.86. The molecule has 0 aliphatic heterocycles. The Morgan fingerprint density at radius 1 is 0.556 bits per heavy atom. The fourth-order valence-electron chi connectivity index (χ4n) is 0.458. The summed E-state index contributed by atoms with van der Waals surface area (Å²) in [6.45, 7) is 7.77. The van der Waals surface area contributed by atoms with E-state index in [0.717, 1.165) is 26.2 Å². The first kappa shape index (κ1) is 31.1. The molecule has 0 atom stereocenters. The van der Waals surface area contributed by atoms with Crippen LogP contribution in [0.2, 0.25) is 0 Å². The van der Waals surface area contributed by atoms with Crippen molar-refractivity contribution in [2.75, 3.05) is 68.5 Å². The van der Waals surface area contributed by atoms with E-state index in [9.17, 15) is 0 Å². The SMILES string of the molecule is CC[N-]CC[N-]CC.C[N-]C.C[N-]C.C[N-]C.[Ta+5]. The smallest absolute Gasteiger partial charge is 0.668 e. The summed E-state index contributed by atoms with van der Waals surface area (Å²) in [7, 11) is 10.5. The summed E-state index contributed by atoms with van der Waals surface area (Å²) in [5.41, 5.74) is 0. The zero-order valence-corrected chi connectivity index (χ0v) is 16.7. The van der Waals surface area contributed by atoms with E-state index in [0.29, 0.717) is 0 Å².